The molecule has 0 radical (unpaired) electrons. The summed E-state index contributed by atoms with van der Waals surface area (Å²) in [7, 11) is 0. The Labute approximate surface area is 131 Å². The molecule has 22 heavy (non-hydrogen) atoms. The molecule has 114 valence electrons. The predicted molar refractivity (Wildman–Crippen MR) is 89.3 cm³/mol. The van der Waals surface area contributed by atoms with Crippen LogP contribution in [0.4, 0.5) is 0 Å². The van der Waals surface area contributed by atoms with Crippen molar-refractivity contribution in [2.24, 2.45) is 5.73 Å². The summed E-state index contributed by atoms with van der Waals surface area (Å²) in [5.41, 5.74) is 8.50. The number of benzene rings is 2. The second-order valence-electron chi connectivity index (χ2n) is 4.86. The molecule has 1 atom stereocenters. The van der Waals surface area contributed by atoms with Crippen molar-refractivity contribution < 1.29 is 9.53 Å². The number of carbonyl (C=O) groups is 1. The molecule has 0 aliphatic carbocycles. The van der Waals surface area contributed by atoms with Gasteiger partial charge in [-0.3, -0.25) is 4.79 Å². The average molecular weight is 295 g/mol. The van der Waals surface area contributed by atoms with Crippen molar-refractivity contribution in [3.8, 4) is 0 Å². The van der Waals surface area contributed by atoms with E-state index in [2.05, 4.69) is 0 Å². The van der Waals surface area contributed by atoms with Crippen LogP contribution < -0.4 is 5.73 Å². The fourth-order valence-electron chi connectivity index (χ4n) is 2.47. The molecule has 2 aromatic rings. The van der Waals surface area contributed by atoms with Gasteiger partial charge in [0.1, 0.15) is 5.92 Å². The third-order valence-corrected chi connectivity index (χ3v) is 3.41. The van der Waals surface area contributed by atoms with Crippen LogP contribution in [0.5, 0.6) is 0 Å². The lowest BCUT2D eigenvalue weighted by Gasteiger charge is -2.20. The van der Waals surface area contributed by atoms with Crippen LogP contribution in [0.25, 0.3) is 5.57 Å². The van der Waals surface area contributed by atoms with Crippen LogP contribution in [-0.2, 0) is 9.53 Å². The van der Waals surface area contributed by atoms with Crippen molar-refractivity contribution in [2.45, 2.75) is 12.8 Å². The van der Waals surface area contributed by atoms with Gasteiger partial charge in [-0.1, -0.05) is 66.7 Å². The number of rotatable bonds is 6. The zero-order valence-corrected chi connectivity index (χ0v) is 12.7. The summed E-state index contributed by atoms with van der Waals surface area (Å²) < 4.78 is 5.29. The van der Waals surface area contributed by atoms with Crippen molar-refractivity contribution in [1.29, 1.82) is 0 Å². The standard InChI is InChI=1S/C19H21NO2/c1-2-22-19(21)18(16-11-7-4-8-12-16)17(13-14-20)15-9-5-3-6-10-15/h3-13,18H,2,14,20H2,1H3. The SMILES string of the molecule is CCOC(=O)C(C(=CCN)c1ccccc1)c1ccccc1. The highest BCUT2D eigenvalue weighted by molar-refractivity contribution is 5.94. The Bertz CT molecular complexity index is 620. The molecule has 0 bridgehead atoms. The average Bonchev–Trinajstić information content (AvgIpc) is 2.56. The van der Waals surface area contributed by atoms with Gasteiger partial charge >= 0.3 is 5.97 Å². The first kappa shape index (κ1) is 16.0. The Balaban J connectivity index is 2.50. The van der Waals surface area contributed by atoms with E-state index in [1.165, 1.54) is 0 Å². The van der Waals surface area contributed by atoms with E-state index in [-0.39, 0.29) is 5.97 Å². The summed E-state index contributed by atoms with van der Waals surface area (Å²) >= 11 is 0. The minimum Gasteiger partial charge on any atom is -0.465 e. The number of nitrogens with two attached hydrogens (primary N) is 1. The largest absolute Gasteiger partial charge is 0.465 e. The van der Waals surface area contributed by atoms with Gasteiger partial charge in [-0.15, -0.1) is 0 Å². The number of carbonyl (C=O) groups excluding carboxylic acids is 1. The van der Waals surface area contributed by atoms with Gasteiger partial charge in [0.25, 0.3) is 0 Å². The van der Waals surface area contributed by atoms with Gasteiger partial charge < -0.3 is 10.5 Å². The predicted octanol–water partition coefficient (Wildman–Crippen LogP) is 3.38. The van der Waals surface area contributed by atoms with E-state index in [0.717, 1.165) is 16.7 Å². The molecular formula is C19H21NO2. The van der Waals surface area contributed by atoms with Crippen LogP contribution in [0.3, 0.4) is 0 Å². The van der Waals surface area contributed by atoms with Crippen molar-refractivity contribution in [3.05, 3.63) is 77.9 Å². The van der Waals surface area contributed by atoms with Crippen molar-refractivity contribution in [2.75, 3.05) is 13.2 Å². The quantitative estimate of drug-likeness (QED) is 0.831. The Morgan fingerprint density at radius 3 is 2.23 bits per heavy atom. The summed E-state index contributed by atoms with van der Waals surface area (Å²) in [6.45, 7) is 2.54. The molecule has 0 aliphatic heterocycles. The van der Waals surface area contributed by atoms with Gasteiger partial charge in [-0.05, 0) is 23.6 Å². The molecule has 1 unspecified atom stereocenters. The fraction of sp³-hybridized carbons (Fsp3) is 0.211. The molecule has 0 heterocycles. The first-order chi connectivity index (χ1) is 10.8. The summed E-state index contributed by atoms with van der Waals surface area (Å²) in [5, 5.41) is 0. The second kappa shape index (κ2) is 8.15. The lowest BCUT2D eigenvalue weighted by atomic mass is 9.86. The lowest BCUT2D eigenvalue weighted by Crippen LogP contribution is -2.18. The Hall–Kier alpha value is -2.39. The number of ether oxygens (including phenoxy) is 1. The molecule has 2 rings (SSSR count). The highest BCUT2D eigenvalue weighted by Crippen LogP contribution is 2.33. The molecular weight excluding hydrogens is 274 g/mol. The van der Waals surface area contributed by atoms with Crippen molar-refractivity contribution in [3.63, 3.8) is 0 Å². The van der Waals surface area contributed by atoms with Gasteiger partial charge in [-0.25, -0.2) is 0 Å². The number of hydrogen-bond donors (Lipinski definition) is 1. The Morgan fingerprint density at radius 1 is 1.09 bits per heavy atom. The van der Waals surface area contributed by atoms with E-state index in [1.807, 2.05) is 73.7 Å². The van der Waals surface area contributed by atoms with Gasteiger partial charge in [0.2, 0.25) is 0 Å². The van der Waals surface area contributed by atoms with Gasteiger partial charge in [0, 0.05) is 6.54 Å². The maximum atomic E-state index is 12.5. The molecule has 2 N–H and O–H groups in total. The maximum Gasteiger partial charge on any atom is 0.317 e. The summed E-state index contributed by atoms with van der Waals surface area (Å²) in [6.07, 6.45) is 1.89. The van der Waals surface area contributed by atoms with E-state index in [1.54, 1.807) is 0 Å². The van der Waals surface area contributed by atoms with E-state index in [0.29, 0.717) is 13.2 Å². The zero-order valence-electron chi connectivity index (χ0n) is 12.7. The van der Waals surface area contributed by atoms with Crippen molar-refractivity contribution >= 4 is 11.5 Å². The molecule has 0 saturated heterocycles. The summed E-state index contributed by atoms with van der Waals surface area (Å²) in [5.74, 6) is -0.718. The van der Waals surface area contributed by atoms with Gasteiger partial charge in [0.05, 0.1) is 6.61 Å². The van der Waals surface area contributed by atoms with Gasteiger partial charge in [-0.2, -0.15) is 0 Å². The molecule has 0 fully saturated rings. The minimum absolute atomic E-state index is 0.253. The maximum absolute atomic E-state index is 12.5. The van der Waals surface area contributed by atoms with Crippen LogP contribution in [0.1, 0.15) is 24.0 Å². The summed E-state index contributed by atoms with van der Waals surface area (Å²) in [4.78, 5) is 12.5. The highest BCUT2D eigenvalue weighted by Gasteiger charge is 2.26. The van der Waals surface area contributed by atoms with Crippen LogP contribution in [0.2, 0.25) is 0 Å². The second-order valence-corrected chi connectivity index (χ2v) is 4.86. The molecule has 0 spiro atoms. The minimum atomic E-state index is -0.466. The fourth-order valence-corrected chi connectivity index (χ4v) is 2.47. The smallest absolute Gasteiger partial charge is 0.317 e. The van der Waals surface area contributed by atoms with Crippen LogP contribution >= 0.6 is 0 Å². The number of hydrogen-bond acceptors (Lipinski definition) is 3. The number of esters is 1. The molecule has 0 aliphatic rings. The molecule has 3 nitrogen and oxygen atoms in total. The van der Waals surface area contributed by atoms with Crippen LogP contribution in [0.15, 0.2) is 66.7 Å². The Kier molecular flexibility index (Phi) is 5.92. The third-order valence-electron chi connectivity index (χ3n) is 3.41. The highest BCUT2D eigenvalue weighted by atomic mass is 16.5. The molecule has 3 heteroatoms. The third kappa shape index (κ3) is 3.83. The molecule has 2 aromatic carbocycles. The lowest BCUT2D eigenvalue weighted by molar-refractivity contribution is -0.143. The van der Waals surface area contributed by atoms with E-state index >= 15 is 0 Å². The summed E-state index contributed by atoms with van der Waals surface area (Å²) in [6, 6.07) is 19.5. The monoisotopic (exact) mass is 295 g/mol. The van der Waals surface area contributed by atoms with Crippen LogP contribution in [-0.4, -0.2) is 19.1 Å². The first-order valence-corrected chi connectivity index (χ1v) is 7.45. The topological polar surface area (TPSA) is 52.3 Å². The van der Waals surface area contributed by atoms with Crippen molar-refractivity contribution in [1.82, 2.24) is 0 Å². The molecule has 0 amide bonds. The van der Waals surface area contributed by atoms with E-state index in [9.17, 15) is 4.79 Å². The van der Waals surface area contributed by atoms with Crippen LogP contribution in [0, 0.1) is 0 Å². The Morgan fingerprint density at radius 2 is 1.68 bits per heavy atom. The van der Waals surface area contributed by atoms with E-state index < -0.39 is 5.92 Å². The molecule has 0 aromatic heterocycles. The van der Waals surface area contributed by atoms with Gasteiger partial charge in [0.15, 0.2) is 0 Å². The first-order valence-electron chi connectivity index (χ1n) is 7.45. The molecule has 0 saturated carbocycles. The zero-order chi connectivity index (χ0) is 15.8. The normalized spacial score (nSPS) is 12.7. The van der Waals surface area contributed by atoms with E-state index in [4.69, 9.17) is 10.5 Å².